The molecule has 0 spiro atoms. The molecule has 2 saturated heterocycles. The van der Waals surface area contributed by atoms with Gasteiger partial charge < -0.3 is 9.80 Å². The maximum absolute atomic E-state index is 13.0. The first-order valence-corrected chi connectivity index (χ1v) is 12.4. The predicted molar refractivity (Wildman–Crippen MR) is 130 cm³/mol. The highest BCUT2D eigenvalue weighted by molar-refractivity contribution is 5.94. The first-order chi connectivity index (χ1) is 16.2. The minimum Gasteiger partial charge on any atom is -0.339 e. The fourth-order valence-corrected chi connectivity index (χ4v) is 5.11. The number of piperazine rings is 2. The summed E-state index contributed by atoms with van der Waals surface area (Å²) < 4.78 is 0. The SMILES string of the molecule is O=C(CN1CCN(C(=O)c2ccc(-c3ccccc3)cc2)CC1)N1CCN(C2CCC2)CC1. The van der Waals surface area contributed by atoms with Gasteiger partial charge in [0.25, 0.3) is 5.91 Å². The smallest absolute Gasteiger partial charge is 0.253 e. The molecule has 1 saturated carbocycles. The number of hydrogen-bond acceptors (Lipinski definition) is 4. The zero-order chi connectivity index (χ0) is 22.6. The molecule has 6 heteroatoms. The van der Waals surface area contributed by atoms with E-state index in [1.54, 1.807) is 0 Å². The molecule has 5 rings (SSSR count). The fourth-order valence-electron chi connectivity index (χ4n) is 5.11. The van der Waals surface area contributed by atoms with E-state index < -0.39 is 0 Å². The van der Waals surface area contributed by atoms with E-state index in [0.717, 1.165) is 62.0 Å². The molecule has 3 fully saturated rings. The molecule has 0 radical (unpaired) electrons. The number of amides is 2. The third-order valence-corrected chi connectivity index (χ3v) is 7.52. The van der Waals surface area contributed by atoms with Crippen molar-refractivity contribution in [2.75, 3.05) is 58.9 Å². The summed E-state index contributed by atoms with van der Waals surface area (Å²) >= 11 is 0. The van der Waals surface area contributed by atoms with Crippen LogP contribution in [0.4, 0.5) is 0 Å². The first-order valence-electron chi connectivity index (χ1n) is 12.4. The van der Waals surface area contributed by atoms with Crippen molar-refractivity contribution >= 4 is 11.8 Å². The number of carbonyl (C=O) groups is 2. The van der Waals surface area contributed by atoms with Crippen LogP contribution in [0, 0.1) is 0 Å². The van der Waals surface area contributed by atoms with Gasteiger partial charge in [-0.25, -0.2) is 0 Å². The van der Waals surface area contributed by atoms with Crippen LogP contribution in [0.1, 0.15) is 29.6 Å². The molecule has 6 nitrogen and oxygen atoms in total. The minimum atomic E-state index is 0.0766. The van der Waals surface area contributed by atoms with Gasteiger partial charge in [-0.05, 0) is 36.1 Å². The van der Waals surface area contributed by atoms with E-state index >= 15 is 0 Å². The van der Waals surface area contributed by atoms with Gasteiger partial charge in [0.2, 0.25) is 5.91 Å². The number of carbonyl (C=O) groups excluding carboxylic acids is 2. The molecule has 2 heterocycles. The molecule has 2 aromatic carbocycles. The molecule has 0 atom stereocenters. The highest BCUT2D eigenvalue weighted by atomic mass is 16.2. The molecular weight excluding hydrogens is 412 g/mol. The lowest BCUT2D eigenvalue weighted by molar-refractivity contribution is -0.135. The van der Waals surface area contributed by atoms with Crippen molar-refractivity contribution in [3.63, 3.8) is 0 Å². The highest BCUT2D eigenvalue weighted by Gasteiger charge is 2.30. The van der Waals surface area contributed by atoms with Gasteiger partial charge in [0, 0.05) is 64.0 Å². The molecule has 2 aliphatic heterocycles. The van der Waals surface area contributed by atoms with Crippen LogP contribution >= 0.6 is 0 Å². The van der Waals surface area contributed by atoms with E-state index in [2.05, 4.69) is 21.9 Å². The summed E-state index contributed by atoms with van der Waals surface area (Å²) in [6, 6.07) is 18.8. The van der Waals surface area contributed by atoms with E-state index in [0.29, 0.717) is 19.6 Å². The van der Waals surface area contributed by atoms with Crippen molar-refractivity contribution in [1.29, 1.82) is 0 Å². The molecule has 0 bridgehead atoms. The topological polar surface area (TPSA) is 47.1 Å². The Morgan fingerprint density at radius 2 is 1.30 bits per heavy atom. The third kappa shape index (κ3) is 5.12. The van der Waals surface area contributed by atoms with Crippen molar-refractivity contribution in [2.45, 2.75) is 25.3 Å². The summed E-state index contributed by atoms with van der Waals surface area (Å²) in [6.07, 6.45) is 4.01. The zero-order valence-electron chi connectivity index (χ0n) is 19.4. The van der Waals surface area contributed by atoms with Crippen molar-refractivity contribution in [3.8, 4) is 11.1 Å². The Morgan fingerprint density at radius 3 is 1.91 bits per heavy atom. The van der Waals surface area contributed by atoms with Gasteiger partial charge >= 0.3 is 0 Å². The van der Waals surface area contributed by atoms with Crippen molar-refractivity contribution < 1.29 is 9.59 Å². The standard InChI is InChI=1S/C27H34N4O2/c32-26(30-19-17-29(18-20-30)25-7-4-8-25)21-28-13-15-31(16-14-28)27(33)24-11-9-23(10-12-24)22-5-2-1-3-6-22/h1-3,5-6,9-12,25H,4,7-8,13-21H2. The summed E-state index contributed by atoms with van der Waals surface area (Å²) in [5.74, 6) is 0.312. The molecule has 1 aliphatic carbocycles. The molecular formula is C27H34N4O2. The van der Waals surface area contributed by atoms with Crippen LogP contribution in [0.25, 0.3) is 11.1 Å². The Kier molecular flexibility index (Phi) is 6.74. The first kappa shape index (κ1) is 22.1. The molecule has 33 heavy (non-hydrogen) atoms. The molecule has 0 unspecified atom stereocenters. The van der Waals surface area contributed by atoms with Crippen LogP contribution in [0.5, 0.6) is 0 Å². The predicted octanol–water partition coefficient (Wildman–Crippen LogP) is 2.81. The van der Waals surface area contributed by atoms with E-state index in [9.17, 15) is 9.59 Å². The van der Waals surface area contributed by atoms with Gasteiger partial charge in [0.15, 0.2) is 0 Å². The Labute approximate surface area is 196 Å². The molecule has 3 aliphatic rings. The Bertz CT molecular complexity index is 942. The lowest BCUT2D eigenvalue weighted by atomic mass is 9.91. The lowest BCUT2D eigenvalue weighted by Crippen LogP contribution is -2.56. The molecule has 2 amide bonds. The quantitative estimate of drug-likeness (QED) is 0.709. The second-order valence-corrected chi connectivity index (χ2v) is 9.51. The Hall–Kier alpha value is -2.70. The summed E-state index contributed by atoms with van der Waals surface area (Å²) in [5.41, 5.74) is 2.99. The summed E-state index contributed by atoms with van der Waals surface area (Å²) in [6.45, 7) is 7.05. The minimum absolute atomic E-state index is 0.0766. The second-order valence-electron chi connectivity index (χ2n) is 9.51. The largest absolute Gasteiger partial charge is 0.339 e. The summed E-state index contributed by atoms with van der Waals surface area (Å²) in [4.78, 5) is 34.5. The van der Waals surface area contributed by atoms with E-state index in [1.165, 1.54) is 19.3 Å². The van der Waals surface area contributed by atoms with Crippen molar-refractivity contribution in [2.24, 2.45) is 0 Å². The monoisotopic (exact) mass is 446 g/mol. The van der Waals surface area contributed by atoms with Crippen molar-refractivity contribution in [3.05, 3.63) is 60.2 Å². The molecule has 2 aromatic rings. The maximum Gasteiger partial charge on any atom is 0.253 e. The summed E-state index contributed by atoms with van der Waals surface area (Å²) in [7, 11) is 0. The van der Waals surface area contributed by atoms with Crippen LogP contribution in [-0.4, -0.2) is 96.4 Å². The maximum atomic E-state index is 13.0. The normalized spacial score (nSPS) is 20.5. The van der Waals surface area contributed by atoms with Crippen molar-refractivity contribution in [1.82, 2.24) is 19.6 Å². The van der Waals surface area contributed by atoms with Gasteiger partial charge in [-0.3, -0.25) is 19.4 Å². The average Bonchev–Trinajstić information content (AvgIpc) is 2.84. The van der Waals surface area contributed by atoms with Gasteiger partial charge in [-0.15, -0.1) is 0 Å². The van der Waals surface area contributed by atoms with Gasteiger partial charge in [-0.2, -0.15) is 0 Å². The van der Waals surface area contributed by atoms with E-state index in [4.69, 9.17) is 0 Å². The number of rotatable bonds is 5. The number of benzene rings is 2. The van der Waals surface area contributed by atoms with Crippen LogP contribution in [0.15, 0.2) is 54.6 Å². The molecule has 174 valence electrons. The van der Waals surface area contributed by atoms with Gasteiger partial charge in [0.1, 0.15) is 0 Å². The number of nitrogens with zero attached hydrogens (tertiary/aromatic N) is 4. The van der Waals surface area contributed by atoms with Gasteiger partial charge in [0.05, 0.1) is 6.54 Å². The lowest BCUT2D eigenvalue weighted by Gasteiger charge is -2.43. The Balaban J connectivity index is 1.07. The van der Waals surface area contributed by atoms with Crippen LogP contribution in [0.2, 0.25) is 0 Å². The fraction of sp³-hybridized carbons (Fsp3) is 0.481. The van der Waals surface area contributed by atoms with Gasteiger partial charge in [-0.1, -0.05) is 48.9 Å². The van der Waals surface area contributed by atoms with Crippen LogP contribution in [-0.2, 0) is 4.79 Å². The summed E-state index contributed by atoms with van der Waals surface area (Å²) in [5, 5.41) is 0. The van der Waals surface area contributed by atoms with Crippen LogP contribution in [0.3, 0.4) is 0 Å². The average molecular weight is 447 g/mol. The molecule has 0 aromatic heterocycles. The van der Waals surface area contributed by atoms with E-state index in [-0.39, 0.29) is 11.8 Å². The Morgan fingerprint density at radius 1 is 0.697 bits per heavy atom. The van der Waals surface area contributed by atoms with E-state index in [1.807, 2.05) is 52.3 Å². The third-order valence-electron chi connectivity index (χ3n) is 7.52. The highest BCUT2D eigenvalue weighted by Crippen LogP contribution is 2.25. The second kappa shape index (κ2) is 10.1. The van der Waals surface area contributed by atoms with Crippen LogP contribution < -0.4 is 0 Å². The molecule has 0 N–H and O–H groups in total. The number of hydrogen-bond donors (Lipinski definition) is 0. The zero-order valence-corrected chi connectivity index (χ0v) is 19.4.